The molecular weight excluding hydrogens is 370 g/mol. The van der Waals surface area contributed by atoms with Crippen LogP contribution in [0.25, 0.3) is 11.3 Å². The minimum atomic E-state index is -0.0364. The third-order valence-corrected chi connectivity index (χ3v) is 4.39. The maximum Gasteiger partial charge on any atom is 0.220 e. The number of nitrogens with one attached hydrogen (secondary N) is 1. The zero-order valence-electron chi connectivity index (χ0n) is 16.6. The summed E-state index contributed by atoms with van der Waals surface area (Å²) >= 11 is 0. The molecule has 1 heterocycles. The smallest absolute Gasteiger partial charge is 0.220 e. The van der Waals surface area contributed by atoms with Crippen LogP contribution in [0.5, 0.6) is 17.2 Å². The predicted molar refractivity (Wildman–Crippen MR) is 111 cm³/mol. The molecule has 1 amide bonds. The zero-order chi connectivity index (χ0) is 20.5. The number of furan rings is 1. The lowest BCUT2D eigenvalue weighted by molar-refractivity contribution is -0.121. The molecule has 6 heteroatoms. The van der Waals surface area contributed by atoms with Gasteiger partial charge >= 0.3 is 0 Å². The lowest BCUT2D eigenvalue weighted by atomic mass is 10.2. The third kappa shape index (κ3) is 6.04. The van der Waals surface area contributed by atoms with Gasteiger partial charge in [0.15, 0.2) is 0 Å². The average Bonchev–Trinajstić information content (AvgIpc) is 3.25. The summed E-state index contributed by atoms with van der Waals surface area (Å²) in [4.78, 5) is 12.0. The number of amides is 1. The number of hydrogen-bond acceptors (Lipinski definition) is 5. The highest BCUT2D eigenvalue weighted by Crippen LogP contribution is 2.25. The van der Waals surface area contributed by atoms with Crippen molar-refractivity contribution in [2.24, 2.45) is 0 Å². The Balaban J connectivity index is 1.37. The summed E-state index contributed by atoms with van der Waals surface area (Å²) in [6, 6.07) is 18.8. The highest BCUT2D eigenvalue weighted by atomic mass is 16.5. The average molecular weight is 395 g/mol. The molecule has 0 fully saturated rings. The number of aryl methyl sites for hydroxylation is 1. The Morgan fingerprint density at radius 3 is 2.14 bits per heavy atom. The topological polar surface area (TPSA) is 69.9 Å². The molecule has 0 spiro atoms. The summed E-state index contributed by atoms with van der Waals surface area (Å²) in [7, 11) is 3.25. The Kier molecular flexibility index (Phi) is 7.16. The number of ether oxygens (including phenoxy) is 3. The van der Waals surface area contributed by atoms with Gasteiger partial charge in [0.05, 0.1) is 20.8 Å². The molecule has 0 unspecified atom stereocenters. The molecule has 0 bridgehead atoms. The van der Waals surface area contributed by atoms with E-state index in [9.17, 15) is 4.79 Å². The molecule has 152 valence electrons. The van der Waals surface area contributed by atoms with Crippen molar-refractivity contribution >= 4 is 5.91 Å². The summed E-state index contributed by atoms with van der Waals surface area (Å²) in [5.74, 6) is 3.83. The van der Waals surface area contributed by atoms with Crippen LogP contribution in [0, 0.1) is 0 Å². The van der Waals surface area contributed by atoms with Gasteiger partial charge in [0, 0.05) is 18.4 Å². The van der Waals surface area contributed by atoms with Crippen molar-refractivity contribution in [2.45, 2.75) is 12.8 Å². The van der Waals surface area contributed by atoms with Crippen molar-refractivity contribution in [3.63, 3.8) is 0 Å². The second-order valence-electron chi connectivity index (χ2n) is 6.37. The van der Waals surface area contributed by atoms with Crippen LogP contribution in [0.4, 0.5) is 0 Å². The van der Waals surface area contributed by atoms with Crippen molar-refractivity contribution in [3.8, 4) is 28.6 Å². The first-order valence-corrected chi connectivity index (χ1v) is 9.44. The molecule has 0 radical (unpaired) electrons. The summed E-state index contributed by atoms with van der Waals surface area (Å²) < 4.78 is 21.7. The van der Waals surface area contributed by atoms with E-state index < -0.39 is 0 Å². The molecule has 0 aliphatic rings. The van der Waals surface area contributed by atoms with Crippen molar-refractivity contribution < 1.29 is 23.4 Å². The van der Waals surface area contributed by atoms with Crippen LogP contribution in [-0.2, 0) is 11.2 Å². The Morgan fingerprint density at radius 2 is 1.48 bits per heavy atom. The largest absolute Gasteiger partial charge is 0.497 e. The minimum absolute atomic E-state index is 0.0364. The van der Waals surface area contributed by atoms with E-state index in [1.165, 1.54) is 0 Å². The van der Waals surface area contributed by atoms with Gasteiger partial charge in [0.1, 0.15) is 35.4 Å². The van der Waals surface area contributed by atoms with Crippen molar-refractivity contribution in [1.82, 2.24) is 5.32 Å². The lowest BCUT2D eigenvalue weighted by Crippen LogP contribution is -2.28. The van der Waals surface area contributed by atoms with Crippen LogP contribution < -0.4 is 19.5 Å². The first-order chi connectivity index (χ1) is 14.2. The third-order valence-electron chi connectivity index (χ3n) is 4.39. The van der Waals surface area contributed by atoms with E-state index in [2.05, 4.69) is 5.32 Å². The fraction of sp³-hybridized carbons (Fsp3) is 0.261. The summed E-state index contributed by atoms with van der Waals surface area (Å²) in [5, 5.41) is 2.85. The molecule has 0 aliphatic carbocycles. The van der Waals surface area contributed by atoms with Crippen molar-refractivity contribution in [3.05, 3.63) is 66.4 Å². The Morgan fingerprint density at radius 1 is 0.862 bits per heavy atom. The molecule has 0 saturated heterocycles. The van der Waals surface area contributed by atoms with Gasteiger partial charge in [-0.25, -0.2) is 0 Å². The molecule has 0 aliphatic heterocycles. The Labute approximate surface area is 170 Å². The first kappa shape index (κ1) is 20.3. The number of hydrogen-bond donors (Lipinski definition) is 1. The number of rotatable bonds is 10. The quantitative estimate of drug-likeness (QED) is 0.524. The van der Waals surface area contributed by atoms with E-state index in [1.807, 2.05) is 60.7 Å². The van der Waals surface area contributed by atoms with Crippen LogP contribution in [0.15, 0.2) is 65.1 Å². The van der Waals surface area contributed by atoms with E-state index in [0.717, 1.165) is 34.3 Å². The molecular formula is C23H25NO5. The predicted octanol–water partition coefficient (Wildman–Crippen LogP) is 4.09. The fourth-order valence-corrected chi connectivity index (χ4v) is 2.78. The van der Waals surface area contributed by atoms with Gasteiger partial charge in [-0.15, -0.1) is 0 Å². The van der Waals surface area contributed by atoms with Crippen LogP contribution in [-0.4, -0.2) is 33.3 Å². The Bertz CT molecular complexity index is 900. The normalized spacial score (nSPS) is 10.4. The monoisotopic (exact) mass is 395 g/mol. The molecule has 6 nitrogen and oxygen atoms in total. The van der Waals surface area contributed by atoms with E-state index in [0.29, 0.717) is 26.0 Å². The van der Waals surface area contributed by atoms with Crippen molar-refractivity contribution in [1.29, 1.82) is 0 Å². The summed E-state index contributed by atoms with van der Waals surface area (Å²) in [5.41, 5.74) is 0.970. The zero-order valence-corrected chi connectivity index (χ0v) is 16.6. The van der Waals surface area contributed by atoms with Gasteiger partial charge in [-0.2, -0.15) is 0 Å². The summed E-state index contributed by atoms with van der Waals surface area (Å²) in [6.45, 7) is 0.848. The van der Waals surface area contributed by atoms with Gasteiger partial charge < -0.3 is 23.9 Å². The van der Waals surface area contributed by atoms with Gasteiger partial charge in [0.2, 0.25) is 5.91 Å². The summed E-state index contributed by atoms with van der Waals surface area (Å²) in [6.07, 6.45) is 0.902. The van der Waals surface area contributed by atoms with E-state index >= 15 is 0 Å². The van der Waals surface area contributed by atoms with Crippen LogP contribution in [0.3, 0.4) is 0 Å². The number of carbonyl (C=O) groups is 1. The lowest BCUT2D eigenvalue weighted by Gasteiger charge is -2.08. The van der Waals surface area contributed by atoms with Gasteiger partial charge in [0.25, 0.3) is 0 Å². The number of benzene rings is 2. The van der Waals surface area contributed by atoms with Crippen LogP contribution in [0.2, 0.25) is 0 Å². The highest BCUT2D eigenvalue weighted by molar-refractivity contribution is 5.76. The van der Waals surface area contributed by atoms with E-state index in [1.54, 1.807) is 14.2 Å². The minimum Gasteiger partial charge on any atom is -0.497 e. The number of methoxy groups -OCH3 is 2. The van der Waals surface area contributed by atoms with Crippen LogP contribution >= 0.6 is 0 Å². The molecule has 2 aromatic carbocycles. The van der Waals surface area contributed by atoms with Gasteiger partial charge in [-0.05, 0) is 60.7 Å². The molecule has 0 saturated carbocycles. The van der Waals surface area contributed by atoms with E-state index in [4.69, 9.17) is 18.6 Å². The van der Waals surface area contributed by atoms with Crippen molar-refractivity contribution in [2.75, 3.05) is 27.4 Å². The maximum absolute atomic E-state index is 12.0. The second-order valence-corrected chi connectivity index (χ2v) is 6.37. The standard InChI is InChI=1S/C23H25NO5/c1-26-18-5-3-17(4-6-18)22-13-11-21(29-22)12-14-23(25)24-15-16-28-20-9-7-19(27-2)8-10-20/h3-11,13H,12,14-16H2,1-2H3,(H,24,25). The number of carbonyl (C=O) groups excluding carboxylic acids is 1. The SMILES string of the molecule is COc1ccc(OCCNC(=O)CCc2ccc(-c3ccc(OC)cc3)o2)cc1. The molecule has 3 aromatic rings. The molecule has 1 N–H and O–H groups in total. The van der Waals surface area contributed by atoms with Gasteiger partial charge in [-0.3, -0.25) is 4.79 Å². The van der Waals surface area contributed by atoms with Gasteiger partial charge in [-0.1, -0.05) is 0 Å². The maximum atomic E-state index is 12.0. The van der Waals surface area contributed by atoms with E-state index in [-0.39, 0.29) is 5.91 Å². The Hall–Kier alpha value is -3.41. The van der Waals surface area contributed by atoms with Crippen LogP contribution in [0.1, 0.15) is 12.2 Å². The molecule has 1 aromatic heterocycles. The molecule has 0 atom stereocenters. The first-order valence-electron chi connectivity index (χ1n) is 9.44. The highest BCUT2D eigenvalue weighted by Gasteiger charge is 2.08. The molecule has 29 heavy (non-hydrogen) atoms. The fourth-order valence-electron chi connectivity index (χ4n) is 2.78. The second kappa shape index (κ2) is 10.2. The molecule has 3 rings (SSSR count).